The van der Waals surface area contributed by atoms with E-state index in [1.165, 1.54) is 26.5 Å². The maximum Gasteiger partial charge on any atom is 0.269 e. The van der Waals surface area contributed by atoms with Crippen LogP contribution < -0.4 is 24.2 Å². The molecule has 1 aliphatic heterocycles. The fourth-order valence-corrected chi connectivity index (χ4v) is 6.73. The van der Waals surface area contributed by atoms with Gasteiger partial charge in [-0.1, -0.05) is 47.7 Å². The van der Waals surface area contributed by atoms with Crippen molar-refractivity contribution in [2.45, 2.75) is 33.9 Å². The van der Waals surface area contributed by atoms with Crippen LogP contribution in [0.4, 0.5) is 5.69 Å². The minimum absolute atomic E-state index is 0.0722. The van der Waals surface area contributed by atoms with Gasteiger partial charge in [0.15, 0.2) is 0 Å². The van der Waals surface area contributed by atoms with Crippen molar-refractivity contribution in [3.63, 3.8) is 0 Å². The van der Waals surface area contributed by atoms with Crippen LogP contribution in [0.3, 0.4) is 0 Å². The molecule has 2 aromatic heterocycles. The second-order valence-electron chi connectivity index (χ2n) is 8.06. The molecular weight excluding hydrogens is 458 g/mol. The van der Waals surface area contributed by atoms with Crippen LogP contribution in [-0.4, -0.2) is 11.1 Å². The average Bonchev–Trinajstić information content (AvgIpc) is 3.38. The van der Waals surface area contributed by atoms with Crippen molar-refractivity contribution in [3.8, 4) is 0 Å². The number of anilines is 1. The molecule has 34 heavy (non-hydrogen) atoms. The number of aryl methyl sites for hydroxylation is 1. The Morgan fingerprint density at radius 2 is 1.74 bits per heavy atom. The summed E-state index contributed by atoms with van der Waals surface area (Å²) < 4.78 is 7.20. The first-order valence-corrected chi connectivity index (χ1v) is 13.4. The topological polar surface area (TPSA) is 29.1 Å². The zero-order valence-electron chi connectivity index (χ0n) is 19.7. The van der Waals surface area contributed by atoms with Gasteiger partial charge in [0, 0.05) is 36.6 Å². The largest absolute Gasteiger partial charge is 0.348 e. The van der Waals surface area contributed by atoms with Crippen molar-refractivity contribution in [2.24, 2.45) is 0 Å². The normalized spacial score (nSPS) is 15.6. The molecule has 0 unspecified atom stereocenters. The van der Waals surface area contributed by atoms with Gasteiger partial charge in [0.05, 0.1) is 10.6 Å². The van der Waals surface area contributed by atoms with Gasteiger partial charge in [-0.2, -0.15) is 4.57 Å². The van der Waals surface area contributed by atoms with Gasteiger partial charge in [-0.15, -0.1) is 11.3 Å². The Hall–Kier alpha value is -3.22. The van der Waals surface area contributed by atoms with Crippen molar-refractivity contribution >= 4 is 56.3 Å². The molecule has 0 saturated carbocycles. The van der Waals surface area contributed by atoms with Gasteiger partial charge in [-0.05, 0) is 50.6 Å². The van der Waals surface area contributed by atoms with Gasteiger partial charge in [0.25, 0.3) is 10.6 Å². The molecule has 0 N–H and O–H groups in total. The summed E-state index contributed by atoms with van der Waals surface area (Å²) in [5, 5.41) is 1.17. The fourth-order valence-electron chi connectivity index (χ4n) is 4.44. The first kappa shape index (κ1) is 22.6. The molecule has 2 aromatic carbocycles. The summed E-state index contributed by atoms with van der Waals surface area (Å²) in [7, 11) is 0. The first-order valence-electron chi connectivity index (χ1n) is 11.7. The van der Waals surface area contributed by atoms with Crippen LogP contribution in [0.1, 0.15) is 31.3 Å². The lowest BCUT2D eigenvalue weighted by molar-refractivity contribution is -0.665. The summed E-state index contributed by atoms with van der Waals surface area (Å²) in [4.78, 5) is 15.5. The van der Waals surface area contributed by atoms with E-state index in [4.69, 9.17) is 0 Å². The third kappa shape index (κ3) is 3.97. The first-order chi connectivity index (χ1) is 16.6. The van der Waals surface area contributed by atoms with Crippen LogP contribution >= 0.6 is 22.7 Å². The molecule has 5 rings (SSSR count). The number of para-hydroxylation sites is 2. The van der Waals surface area contributed by atoms with Crippen molar-refractivity contribution in [2.75, 3.05) is 11.4 Å². The van der Waals surface area contributed by atoms with Crippen molar-refractivity contribution in [1.29, 1.82) is 0 Å². The van der Waals surface area contributed by atoms with Gasteiger partial charge < -0.3 is 4.90 Å². The third-order valence-electron chi connectivity index (χ3n) is 6.17. The van der Waals surface area contributed by atoms with E-state index in [9.17, 15) is 4.79 Å². The number of rotatable bonds is 5. The molecular formula is C28H28N3OS2+. The number of thiazole rings is 2. The lowest BCUT2D eigenvalue weighted by Gasteiger charge is -2.26. The summed E-state index contributed by atoms with van der Waals surface area (Å²) in [5.74, 6) is 0. The zero-order valence-corrected chi connectivity index (χ0v) is 21.3. The van der Waals surface area contributed by atoms with Crippen LogP contribution in [0, 0.1) is 0 Å². The molecule has 0 saturated heterocycles. The highest BCUT2D eigenvalue weighted by atomic mass is 32.1. The van der Waals surface area contributed by atoms with E-state index in [0.29, 0.717) is 6.54 Å². The average molecular weight is 487 g/mol. The summed E-state index contributed by atoms with van der Waals surface area (Å²) in [6, 6.07) is 16.9. The highest BCUT2D eigenvalue weighted by molar-refractivity contribution is 7.19. The lowest BCUT2D eigenvalue weighted by Crippen LogP contribution is -2.35. The van der Waals surface area contributed by atoms with Gasteiger partial charge in [-0.3, -0.25) is 9.36 Å². The van der Waals surface area contributed by atoms with Crippen LogP contribution in [-0.2, 0) is 13.1 Å². The van der Waals surface area contributed by atoms with Gasteiger partial charge >= 0.3 is 0 Å². The number of hydrogen-bond donors (Lipinski definition) is 0. The van der Waals surface area contributed by atoms with Crippen molar-refractivity contribution in [1.82, 2.24) is 4.57 Å². The standard InChI is InChI=1S/C28H28N3OS2/c1-4-29-18-17-20(21-11-7-8-12-22(21)29)15-16-25-28(32)31(6-3)27(34-25)19-26-30(5-2)23-13-9-10-14-24(23)33-26/h7-19H,4-6H2,1-3H3/q+1. The minimum atomic E-state index is 0.0722. The van der Waals surface area contributed by atoms with E-state index in [1.807, 2.05) is 17.6 Å². The lowest BCUT2D eigenvalue weighted by atomic mass is 9.99. The Labute approximate surface area is 207 Å². The molecule has 0 fully saturated rings. The molecule has 0 radical (unpaired) electrons. The molecule has 0 bridgehead atoms. The number of hydrogen-bond acceptors (Lipinski definition) is 4. The molecule has 0 atom stereocenters. The quantitative estimate of drug-likeness (QED) is 0.389. The smallest absolute Gasteiger partial charge is 0.269 e. The maximum atomic E-state index is 13.2. The van der Waals surface area contributed by atoms with Crippen LogP contribution in [0.2, 0.25) is 0 Å². The molecule has 172 valence electrons. The van der Waals surface area contributed by atoms with E-state index in [0.717, 1.165) is 27.9 Å². The SMILES string of the molecule is CCN1C=CC(=CC=c2sc(=Cc3sc4ccccc4[n+]3CC)n(CC)c2=O)c2ccccc21. The molecule has 1 aliphatic rings. The summed E-state index contributed by atoms with van der Waals surface area (Å²) in [6.45, 7) is 8.81. The predicted molar refractivity (Wildman–Crippen MR) is 146 cm³/mol. The second kappa shape index (κ2) is 9.57. The molecule has 4 nitrogen and oxygen atoms in total. The molecule has 6 heteroatoms. The number of aromatic nitrogens is 2. The van der Waals surface area contributed by atoms with Gasteiger partial charge in [0.1, 0.15) is 15.9 Å². The molecule has 0 spiro atoms. The third-order valence-corrected chi connectivity index (χ3v) is 8.36. The fraction of sp³-hybridized carbons (Fsp3) is 0.214. The minimum Gasteiger partial charge on any atom is -0.348 e. The molecule has 0 aliphatic carbocycles. The summed E-state index contributed by atoms with van der Waals surface area (Å²) in [5.41, 5.74) is 4.82. The van der Waals surface area contributed by atoms with Crippen molar-refractivity contribution in [3.05, 3.63) is 97.0 Å². The second-order valence-corrected chi connectivity index (χ2v) is 10.2. The van der Waals surface area contributed by atoms with Gasteiger partial charge in [-0.25, -0.2) is 0 Å². The number of nitrogens with zero attached hydrogens (tertiary/aromatic N) is 3. The van der Waals surface area contributed by atoms with E-state index in [-0.39, 0.29) is 5.56 Å². The monoisotopic (exact) mass is 486 g/mol. The Morgan fingerprint density at radius 3 is 2.53 bits per heavy atom. The number of fused-ring (bicyclic) bond motifs is 2. The van der Waals surface area contributed by atoms with E-state index >= 15 is 0 Å². The summed E-state index contributed by atoms with van der Waals surface area (Å²) in [6.07, 6.45) is 10.5. The molecule has 0 amide bonds. The predicted octanol–water partition coefficient (Wildman–Crippen LogP) is 4.50. The Kier molecular flexibility index (Phi) is 6.35. The highest BCUT2D eigenvalue weighted by Gasteiger charge is 2.17. The van der Waals surface area contributed by atoms with E-state index < -0.39 is 0 Å². The van der Waals surface area contributed by atoms with Crippen LogP contribution in [0.15, 0.2) is 71.7 Å². The van der Waals surface area contributed by atoms with Gasteiger partial charge in [0.2, 0.25) is 5.52 Å². The molecule has 4 aromatic rings. The van der Waals surface area contributed by atoms with Crippen LogP contribution in [0.25, 0.3) is 27.9 Å². The van der Waals surface area contributed by atoms with Crippen LogP contribution in [0.5, 0.6) is 0 Å². The highest BCUT2D eigenvalue weighted by Crippen LogP contribution is 2.32. The zero-order chi connectivity index (χ0) is 23.7. The number of benzene rings is 2. The Balaban J connectivity index is 1.63. The summed E-state index contributed by atoms with van der Waals surface area (Å²) >= 11 is 3.33. The maximum absolute atomic E-state index is 13.2. The molecule has 3 heterocycles. The Morgan fingerprint density at radius 1 is 0.941 bits per heavy atom. The Bertz CT molecular complexity index is 1600. The number of allylic oxidation sites excluding steroid dienone is 3. The van der Waals surface area contributed by atoms with E-state index in [2.05, 4.69) is 96.3 Å². The van der Waals surface area contributed by atoms with E-state index in [1.54, 1.807) is 22.7 Å². The van der Waals surface area contributed by atoms with Crippen molar-refractivity contribution < 1.29 is 4.57 Å².